The van der Waals surface area contributed by atoms with Crippen LogP contribution in [0.25, 0.3) is 11.4 Å². The highest BCUT2D eigenvalue weighted by Gasteiger charge is 2.30. The summed E-state index contributed by atoms with van der Waals surface area (Å²) >= 11 is 0. The van der Waals surface area contributed by atoms with Crippen LogP contribution < -0.4 is 10.1 Å². The van der Waals surface area contributed by atoms with Crippen LogP contribution in [0.2, 0.25) is 0 Å². The van der Waals surface area contributed by atoms with E-state index in [0.717, 1.165) is 30.4 Å². The minimum Gasteiger partial charge on any atom is -0.493 e. The second-order valence-electron chi connectivity index (χ2n) is 7.66. The van der Waals surface area contributed by atoms with E-state index < -0.39 is 0 Å². The van der Waals surface area contributed by atoms with Gasteiger partial charge in [-0.2, -0.15) is 0 Å². The highest BCUT2D eigenvalue weighted by molar-refractivity contribution is 6.00. The van der Waals surface area contributed by atoms with Crippen LogP contribution in [0.15, 0.2) is 60.9 Å². The zero-order chi connectivity index (χ0) is 20.9. The zero-order valence-corrected chi connectivity index (χ0v) is 16.8. The lowest BCUT2D eigenvalue weighted by Gasteiger charge is -2.22. The van der Waals surface area contributed by atoms with Crippen molar-refractivity contribution in [2.24, 2.45) is 5.92 Å². The van der Waals surface area contributed by atoms with Gasteiger partial charge in [-0.3, -0.25) is 4.79 Å². The molecule has 0 spiro atoms. The maximum Gasteiger partial charge on any atom is 0.252 e. The molecule has 1 saturated carbocycles. The fraction of sp³-hybridized carbons (Fsp3) is 0.292. The van der Waals surface area contributed by atoms with Crippen molar-refractivity contribution < 1.29 is 13.9 Å². The first-order chi connectivity index (χ1) is 14.6. The van der Waals surface area contributed by atoms with E-state index >= 15 is 0 Å². The number of amides is 1. The van der Waals surface area contributed by atoms with Gasteiger partial charge in [0.25, 0.3) is 5.91 Å². The molecule has 1 amide bonds. The number of hydrogen-bond donors (Lipinski definition) is 1. The lowest BCUT2D eigenvalue weighted by atomic mass is 10.0. The molecule has 1 aliphatic rings. The van der Waals surface area contributed by atoms with Crippen LogP contribution in [0.4, 0.5) is 4.39 Å². The highest BCUT2D eigenvalue weighted by atomic mass is 19.1. The van der Waals surface area contributed by atoms with E-state index in [0.29, 0.717) is 23.7 Å². The first-order valence-electron chi connectivity index (χ1n) is 10.2. The molecule has 0 radical (unpaired) electrons. The monoisotopic (exact) mass is 405 g/mol. The molecule has 2 aromatic carbocycles. The molecule has 1 heterocycles. The molecule has 1 aromatic heterocycles. The van der Waals surface area contributed by atoms with Crippen LogP contribution in [-0.2, 0) is 0 Å². The van der Waals surface area contributed by atoms with Gasteiger partial charge in [0.1, 0.15) is 11.6 Å². The minimum absolute atomic E-state index is 0.0306. The summed E-state index contributed by atoms with van der Waals surface area (Å²) in [4.78, 5) is 21.8. The van der Waals surface area contributed by atoms with E-state index in [1.807, 2.05) is 25.1 Å². The third-order valence-electron chi connectivity index (χ3n) is 5.48. The van der Waals surface area contributed by atoms with Crippen molar-refractivity contribution in [2.75, 3.05) is 6.61 Å². The van der Waals surface area contributed by atoms with E-state index in [1.165, 1.54) is 12.1 Å². The number of carbonyl (C=O) groups is 1. The highest BCUT2D eigenvalue weighted by Crippen LogP contribution is 2.28. The van der Waals surface area contributed by atoms with Crippen molar-refractivity contribution in [3.63, 3.8) is 0 Å². The maximum absolute atomic E-state index is 13.2. The summed E-state index contributed by atoms with van der Waals surface area (Å²) in [5.41, 5.74) is 2.30. The number of rotatable bonds is 6. The molecule has 1 fully saturated rings. The zero-order valence-electron chi connectivity index (χ0n) is 16.8. The molecule has 3 aromatic rings. The Kier molecular flexibility index (Phi) is 6.02. The molecule has 0 saturated heterocycles. The molecule has 0 aliphatic heterocycles. The molecule has 1 aliphatic carbocycles. The number of ether oxygens (including phenoxy) is 1. The molecule has 6 heteroatoms. The number of hydrogen-bond acceptors (Lipinski definition) is 4. The standard InChI is InChI=1S/C24H24FN3O2/c1-16-6-11-20(23-26-12-3-13-27-23)21(14-16)24(29)28-22-5-2-4-17(22)15-30-19-9-7-18(25)8-10-19/h3,6-14,17,22H,2,4-5,15H2,1H3,(H,28,29)/t17-,22?/m1/s1. The lowest BCUT2D eigenvalue weighted by molar-refractivity contribution is 0.0919. The molecule has 0 bridgehead atoms. The third-order valence-corrected chi connectivity index (χ3v) is 5.48. The predicted octanol–water partition coefficient (Wildman–Crippen LogP) is 4.57. The van der Waals surface area contributed by atoms with Crippen molar-refractivity contribution in [1.29, 1.82) is 0 Å². The van der Waals surface area contributed by atoms with Gasteiger partial charge in [-0.05, 0) is 56.2 Å². The van der Waals surface area contributed by atoms with Crippen LogP contribution in [0.5, 0.6) is 5.75 Å². The Labute approximate surface area is 175 Å². The van der Waals surface area contributed by atoms with Crippen LogP contribution in [0.3, 0.4) is 0 Å². The average Bonchev–Trinajstić information content (AvgIpc) is 3.20. The smallest absolute Gasteiger partial charge is 0.252 e. The Morgan fingerprint density at radius 2 is 1.90 bits per heavy atom. The first kappa shape index (κ1) is 20.0. The van der Waals surface area contributed by atoms with E-state index in [-0.39, 0.29) is 23.7 Å². The first-order valence-corrected chi connectivity index (χ1v) is 10.2. The number of nitrogens with zero attached hydrogens (tertiary/aromatic N) is 2. The lowest BCUT2D eigenvalue weighted by Crippen LogP contribution is -2.39. The Bertz CT molecular complexity index is 1010. The van der Waals surface area contributed by atoms with Gasteiger partial charge >= 0.3 is 0 Å². The molecule has 5 nitrogen and oxygen atoms in total. The normalized spacial score (nSPS) is 18.2. The molecule has 30 heavy (non-hydrogen) atoms. The second-order valence-corrected chi connectivity index (χ2v) is 7.66. The molecule has 154 valence electrons. The fourth-order valence-electron chi connectivity index (χ4n) is 3.89. The Balaban J connectivity index is 1.46. The van der Waals surface area contributed by atoms with Crippen molar-refractivity contribution in [3.05, 3.63) is 77.9 Å². The Hall–Kier alpha value is -3.28. The summed E-state index contributed by atoms with van der Waals surface area (Å²) in [6.07, 6.45) is 6.26. The van der Waals surface area contributed by atoms with Gasteiger partial charge in [0.05, 0.1) is 12.2 Å². The second kappa shape index (κ2) is 9.03. The summed E-state index contributed by atoms with van der Waals surface area (Å²) in [7, 11) is 0. The molecular formula is C24H24FN3O2. The molecule has 1 N–H and O–H groups in total. The summed E-state index contributed by atoms with van der Waals surface area (Å²) in [6, 6.07) is 13.5. The minimum atomic E-state index is -0.287. The molecular weight excluding hydrogens is 381 g/mol. The van der Waals surface area contributed by atoms with Crippen molar-refractivity contribution in [3.8, 4) is 17.1 Å². The van der Waals surface area contributed by atoms with Gasteiger partial charge in [0.2, 0.25) is 0 Å². The van der Waals surface area contributed by atoms with Crippen LogP contribution in [-0.4, -0.2) is 28.5 Å². The number of carbonyl (C=O) groups excluding carboxylic acids is 1. The summed E-state index contributed by atoms with van der Waals surface area (Å²) < 4.78 is 18.9. The van der Waals surface area contributed by atoms with Crippen molar-refractivity contribution in [1.82, 2.24) is 15.3 Å². The Morgan fingerprint density at radius 1 is 1.13 bits per heavy atom. The average molecular weight is 405 g/mol. The largest absolute Gasteiger partial charge is 0.493 e. The van der Waals surface area contributed by atoms with Gasteiger partial charge in [-0.15, -0.1) is 0 Å². The van der Waals surface area contributed by atoms with Gasteiger partial charge in [0, 0.05) is 29.9 Å². The SMILES string of the molecule is Cc1ccc(-c2ncccn2)c(C(=O)NC2CCC[C@@H]2COc2ccc(F)cc2)c1. The molecule has 1 unspecified atom stereocenters. The van der Waals surface area contributed by atoms with Crippen LogP contribution >= 0.6 is 0 Å². The van der Waals surface area contributed by atoms with Gasteiger partial charge in [-0.1, -0.05) is 24.1 Å². The third kappa shape index (κ3) is 4.64. The Morgan fingerprint density at radius 3 is 2.67 bits per heavy atom. The maximum atomic E-state index is 13.2. The molecule has 2 atom stereocenters. The van der Waals surface area contributed by atoms with E-state index in [1.54, 1.807) is 30.6 Å². The van der Waals surface area contributed by atoms with Gasteiger partial charge in [0.15, 0.2) is 5.82 Å². The van der Waals surface area contributed by atoms with E-state index in [4.69, 9.17) is 4.74 Å². The van der Waals surface area contributed by atoms with Gasteiger partial charge < -0.3 is 10.1 Å². The topological polar surface area (TPSA) is 64.1 Å². The predicted molar refractivity (Wildman–Crippen MR) is 113 cm³/mol. The number of halogens is 1. The summed E-state index contributed by atoms with van der Waals surface area (Å²) in [5.74, 6) is 0.964. The van der Waals surface area contributed by atoms with E-state index in [2.05, 4.69) is 15.3 Å². The number of nitrogens with one attached hydrogen (secondary N) is 1. The fourth-order valence-corrected chi connectivity index (χ4v) is 3.89. The number of aryl methyl sites for hydroxylation is 1. The number of aromatic nitrogens is 2. The molecule has 4 rings (SSSR count). The van der Waals surface area contributed by atoms with Crippen LogP contribution in [0.1, 0.15) is 35.2 Å². The number of benzene rings is 2. The van der Waals surface area contributed by atoms with E-state index in [9.17, 15) is 9.18 Å². The summed E-state index contributed by atoms with van der Waals surface area (Å²) in [5, 5.41) is 3.19. The van der Waals surface area contributed by atoms with Crippen LogP contribution in [0, 0.1) is 18.7 Å². The quantitative estimate of drug-likeness (QED) is 0.653. The van der Waals surface area contributed by atoms with Gasteiger partial charge in [-0.25, -0.2) is 14.4 Å². The van der Waals surface area contributed by atoms with Crippen molar-refractivity contribution in [2.45, 2.75) is 32.2 Å². The van der Waals surface area contributed by atoms with Crippen molar-refractivity contribution >= 4 is 5.91 Å². The summed E-state index contributed by atoms with van der Waals surface area (Å²) in [6.45, 7) is 2.44.